The van der Waals surface area contributed by atoms with Crippen molar-refractivity contribution in [1.29, 1.82) is 0 Å². The van der Waals surface area contributed by atoms with Gasteiger partial charge in [-0.15, -0.1) is 6.42 Å². The quantitative estimate of drug-likeness (QED) is 0.627. The second kappa shape index (κ2) is 4.49. The molecule has 0 radical (unpaired) electrons. The number of hydrogen-bond donors (Lipinski definition) is 1. The van der Waals surface area contributed by atoms with Gasteiger partial charge in [0.25, 0.3) is 5.91 Å². The molecule has 0 heterocycles. The summed E-state index contributed by atoms with van der Waals surface area (Å²) in [5, 5.41) is 2.96. The molecule has 0 saturated carbocycles. The second-order valence-electron chi connectivity index (χ2n) is 2.22. The molecule has 4 heteroatoms. The van der Waals surface area contributed by atoms with Crippen LogP contribution in [0, 0.1) is 15.9 Å². The predicted octanol–water partition coefficient (Wildman–Crippen LogP) is 2.52. The summed E-state index contributed by atoms with van der Waals surface area (Å²) in [6.45, 7) is 0. The van der Waals surface area contributed by atoms with E-state index in [0.29, 0.717) is 10.7 Å². The Hall–Kier alpha value is -0.730. The third-order valence-electron chi connectivity index (χ3n) is 1.31. The van der Waals surface area contributed by atoms with Gasteiger partial charge < -0.3 is 5.32 Å². The van der Waals surface area contributed by atoms with Gasteiger partial charge in [0.1, 0.15) is 0 Å². The first-order valence-electron chi connectivity index (χ1n) is 3.36. The number of carbonyl (C=O) groups is 1. The van der Waals surface area contributed by atoms with Crippen molar-refractivity contribution in [3.8, 4) is 12.3 Å². The third kappa shape index (κ3) is 2.90. The van der Waals surface area contributed by atoms with E-state index >= 15 is 0 Å². The predicted molar refractivity (Wildman–Crippen MR) is 61.6 cm³/mol. The number of carbonyl (C=O) groups excluding carboxylic acids is 1. The molecular weight excluding hydrogens is 300 g/mol. The minimum atomic E-state index is -0.497. The van der Waals surface area contributed by atoms with Crippen LogP contribution in [-0.2, 0) is 4.79 Å². The van der Waals surface area contributed by atoms with Gasteiger partial charge in [0.2, 0.25) is 0 Å². The summed E-state index contributed by atoms with van der Waals surface area (Å²) < 4.78 is 1.00. The molecule has 13 heavy (non-hydrogen) atoms. The topological polar surface area (TPSA) is 29.1 Å². The van der Waals surface area contributed by atoms with Crippen LogP contribution in [0.25, 0.3) is 0 Å². The number of rotatable bonds is 1. The Morgan fingerprint density at radius 3 is 2.85 bits per heavy atom. The minimum absolute atomic E-state index is 0.482. The maximum Gasteiger partial charge on any atom is 0.300 e. The van der Waals surface area contributed by atoms with Crippen LogP contribution in [0.3, 0.4) is 0 Å². The Bertz CT molecular complexity index is 384. The van der Waals surface area contributed by atoms with Gasteiger partial charge in [-0.05, 0) is 46.7 Å². The Morgan fingerprint density at radius 1 is 1.62 bits per heavy atom. The molecular formula is C9H5ClINO. The largest absolute Gasteiger partial charge is 0.314 e. The molecule has 0 bridgehead atoms. The summed E-state index contributed by atoms with van der Waals surface area (Å²) in [4.78, 5) is 10.8. The minimum Gasteiger partial charge on any atom is -0.314 e. The average Bonchev–Trinajstić information content (AvgIpc) is 2.09. The highest BCUT2D eigenvalue weighted by Crippen LogP contribution is 2.23. The fourth-order valence-corrected chi connectivity index (χ4v) is 1.65. The van der Waals surface area contributed by atoms with Crippen molar-refractivity contribution in [2.24, 2.45) is 0 Å². The molecule has 0 aromatic heterocycles. The maximum atomic E-state index is 10.8. The Kier molecular flexibility index (Phi) is 3.58. The number of anilines is 1. The van der Waals surface area contributed by atoms with E-state index < -0.39 is 5.91 Å². The monoisotopic (exact) mass is 305 g/mol. The van der Waals surface area contributed by atoms with Crippen molar-refractivity contribution in [2.75, 3.05) is 5.32 Å². The molecule has 0 aliphatic rings. The van der Waals surface area contributed by atoms with E-state index in [9.17, 15) is 4.79 Å². The number of terminal acetylenes is 1. The van der Waals surface area contributed by atoms with Crippen LogP contribution in [0.2, 0.25) is 5.02 Å². The van der Waals surface area contributed by atoms with E-state index in [0.717, 1.165) is 3.57 Å². The zero-order valence-corrected chi connectivity index (χ0v) is 9.39. The lowest BCUT2D eigenvalue weighted by atomic mass is 10.3. The van der Waals surface area contributed by atoms with Crippen LogP contribution in [0.4, 0.5) is 5.69 Å². The van der Waals surface area contributed by atoms with Gasteiger partial charge in [-0.3, -0.25) is 4.79 Å². The zero-order chi connectivity index (χ0) is 9.84. The summed E-state index contributed by atoms with van der Waals surface area (Å²) in [5.41, 5.74) is 0.532. The van der Waals surface area contributed by atoms with Crippen LogP contribution >= 0.6 is 34.2 Å². The smallest absolute Gasteiger partial charge is 0.300 e. The van der Waals surface area contributed by atoms with Gasteiger partial charge >= 0.3 is 0 Å². The summed E-state index contributed by atoms with van der Waals surface area (Å²) in [5.74, 6) is 1.45. The van der Waals surface area contributed by atoms with Crippen molar-refractivity contribution in [2.45, 2.75) is 0 Å². The van der Waals surface area contributed by atoms with Crippen LogP contribution in [0.1, 0.15) is 0 Å². The highest BCUT2D eigenvalue weighted by Gasteiger charge is 2.02. The molecule has 0 fully saturated rings. The van der Waals surface area contributed by atoms with Crippen molar-refractivity contribution in [3.63, 3.8) is 0 Å². The summed E-state index contributed by atoms with van der Waals surface area (Å²) >= 11 is 7.97. The van der Waals surface area contributed by atoms with Gasteiger partial charge in [-0.2, -0.15) is 0 Å². The van der Waals surface area contributed by atoms with Gasteiger partial charge in [-0.25, -0.2) is 0 Å². The Balaban J connectivity index is 2.91. The second-order valence-corrected chi connectivity index (χ2v) is 3.88. The molecule has 0 spiro atoms. The highest BCUT2D eigenvalue weighted by atomic mass is 127. The number of nitrogens with one attached hydrogen (secondary N) is 1. The molecule has 1 aromatic carbocycles. The molecule has 66 valence electrons. The molecule has 1 aromatic rings. The molecule has 0 unspecified atom stereocenters. The number of amides is 1. The summed E-state index contributed by atoms with van der Waals surface area (Å²) in [6.07, 6.45) is 4.89. The summed E-state index contributed by atoms with van der Waals surface area (Å²) in [6, 6.07) is 5.28. The van der Waals surface area contributed by atoms with E-state index in [4.69, 9.17) is 18.0 Å². The first-order valence-corrected chi connectivity index (χ1v) is 4.82. The fourth-order valence-electron chi connectivity index (χ4n) is 0.749. The molecule has 2 nitrogen and oxygen atoms in total. The first-order chi connectivity index (χ1) is 6.13. The lowest BCUT2D eigenvalue weighted by Gasteiger charge is -2.03. The van der Waals surface area contributed by atoms with E-state index in [1.807, 2.05) is 12.0 Å². The lowest BCUT2D eigenvalue weighted by molar-refractivity contribution is -0.111. The molecule has 1 amide bonds. The van der Waals surface area contributed by atoms with E-state index in [-0.39, 0.29) is 0 Å². The highest BCUT2D eigenvalue weighted by molar-refractivity contribution is 14.1. The van der Waals surface area contributed by atoms with Gasteiger partial charge in [0.15, 0.2) is 0 Å². The van der Waals surface area contributed by atoms with Gasteiger partial charge in [0.05, 0.1) is 10.7 Å². The van der Waals surface area contributed by atoms with Crippen LogP contribution in [0.5, 0.6) is 0 Å². The van der Waals surface area contributed by atoms with E-state index in [1.165, 1.54) is 0 Å². The molecule has 1 rings (SSSR count). The van der Waals surface area contributed by atoms with Crippen LogP contribution < -0.4 is 5.32 Å². The van der Waals surface area contributed by atoms with Gasteiger partial charge in [-0.1, -0.05) is 11.6 Å². The Morgan fingerprint density at radius 2 is 2.31 bits per heavy atom. The lowest BCUT2D eigenvalue weighted by Crippen LogP contribution is -2.08. The molecule has 0 saturated heterocycles. The van der Waals surface area contributed by atoms with Crippen molar-refractivity contribution < 1.29 is 4.79 Å². The van der Waals surface area contributed by atoms with Crippen LogP contribution in [0.15, 0.2) is 18.2 Å². The third-order valence-corrected chi connectivity index (χ3v) is 2.29. The normalized spacial score (nSPS) is 9.00. The first kappa shape index (κ1) is 10.4. The SMILES string of the molecule is C#CC(=O)Nc1ccc(I)cc1Cl. The molecule has 0 aliphatic heterocycles. The van der Waals surface area contributed by atoms with Crippen molar-refractivity contribution in [3.05, 3.63) is 26.8 Å². The van der Waals surface area contributed by atoms with Crippen molar-refractivity contribution >= 4 is 45.8 Å². The van der Waals surface area contributed by atoms with Crippen LogP contribution in [-0.4, -0.2) is 5.91 Å². The standard InChI is InChI=1S/C9H5ClINO/c1-2-9(13)12-8-4-3-6(11)5-7(8)10/h1,3-5H,(H,12,13). The van der Waals surface area contributed by atoms with Gasteiger partial charge in [0, 0.05) is 3.57 Å². The maximum absolute atomic E-state index is 10.8. The Labute approximate surface area is 94.8 Å². The molecule has 0 atom stereocenters. The summed E-state index contributed by atoms with van der Waals surface area (Å²) in [7, 11) is 0. The number of hydrogen-bond acceptors (Lipinski definition) is 1. The number of benzene rings is 1. The van der Waals surface area contributed by atoms with E-state index in [1.54, 1.807) is 12.1 Å². The molecule has 0 aliphatic carbocycles. The van der Waals surface area contributed by atoms with Crippen molar-refractivity contribution in [1.82, 2.24) is 0 Å². The number of halogens is 2. The molecule has 1 N–H and O–H groups in total. The zero-order valence-electron chi connectivity index (χ0n) is 6.47. The fraction of sp³-hybridized carbons (Fsp3) is 0. The van der Waals surface area contributed by atoms with E-state index in [2.05, 4.69) is 27.9 Å². The average molecular weight is 306 g/mol.